The fraction of sp³-hybridized carbons (Fsp3) is 0.625. The van der Waals surface area contributed by atoms with E-state index >= 15 is 0 Å². The van der Waals surface area contributed by atoms with Gasteiger partial charge in [-0.1, -0.05) is 62.9 Å². The van der Waals surface area contributed by atoms with Crippen molar-refractivity contribution in [1.82, 2.24) is 5.32 Å². The van der Waals surface area contributed by atoms with E-state index in [2.05, 4.69) is 32.2 Å². The smallest absolute Gasteiger partial charge is 0.0456 e. The first-order valence-electron chi connectivity index (χ1n) is 7.25. The second-order valence-corrected chi connectivity index (χ2v) is 6.09. The van der Waals surface area contributed by atoms with Crippen molar-refractivity contribution < 1.29 is 0 Å². The Balaban J connectivity index is 2.87. The third-order valence-electron chi connectivity index (χ3n) is 3.58. The van der Waals surface area contributed by atoms with Gasteiger partial charge < -0.3 is 5.32 Å². The molecule has 1 N–H and O–H groups in total. The molecule has 2 unspecified atom stereocenters. The van der Waals surface area contributed by atoms with Crippen LogP contribution in [0.3, 0.4) is 0 Å². The molecule has 0 fully saturated rings. The molecule has 1 aromatic carbocycles. The Hall–Kier alpha value is -0.240. The highest BCUT2D eigenvalue weighted by Crippen LogP contribution is 2.33. The van der Waals surface area contributed by atoms with Crippen molar-refractivity contribution in [3.63, 3.8) is 0 Å². The molecule has 1 rings (SSSR count). The molecule has 0 bridgehead atoms. The van der Waals surface area contributed by atoms with Crippen molar-refractivity contribution in [3.05, 3.63) is 33.8 Å². The van der Waals surface area contributed by atoms with E-state index in [1.165, 1.54) is 18.4 Å². The number of hydrogen-bond acceptors (Lipinski definition) is 1. The van der Waals surface area contributed by atoms with Gasteiger partial charge in [-0.25, -0.2) is 0 Å². The van der Waals surface area contributed by atoms with E-state index in [-0.39, 0.29) is 0 Å². The maximum atomic E-state index is 6.37. The first kappa shape index (κ1) is 16.8. The summed E-state index contributed by atoms with van der Waals surface area (Å²) in [7, 11) is 0. The number of benzene rings is 1. The fourth-order valence-electron chi connectivity index (χ4n) is 2.51. The number of halogens is 2. The lowest BCUT2D eigenvalue weighted by Gasteiger charge is -2.25. The van der Waals surface area contributed by atoms with Crippen molar-refractivity contribution in [1.29, 1.82) is 0 Å². The quantitative estimate of drug-likeness (QED) is 0.624. The van der Waals surface area contributed by atoms with Gasteiger partial charge >= 0.3 is 0 Å². The SMILES string of the molecule is CCCNCC(c1ccc(Cl)cc1Cl)C(C)CCC. The maximum Gasteiger partial charge on any atom is 0.0456 e. The summed E-state index contributed by atoms with van der Waals surface area (Å²) in [5.41, 5.74) is 1.22. The molecule has 0 radical (unpaired) electrons. The zero-order valence-electron chi connectivity index (χ0n) is 12.2. The predicted molar refractivity (Wildman–Crippen MR) is 86.4 cm³/mol. The number of nitrogens with one attached hydrogen (secondary N) is 1. The summed E-state index contributed by atoms with van der Waals surface area (Å²) in [5, 5.41) is 5.02. The molecular formula is C16H25Cl2N. The van der Waals surface area contributed by atoms with Crippen molar-refractivity contribution in [2.75, 3.05) is 13.1 Å². The molecule has 19 heavy (non-hydrogen) atoms. The largest absolute Gasteiger partial charge is 0.316 e. The molecule has 0 aliphatic rings. The molecule has 2 atom stereocenters. The monoisotopic (exact) mass is 301 g/mol. The minimum absolute atomic E-state index is 0.455. The standard InChI is InChI=1S/C16H25Cl2N/c1-4-6-12(3)15(11-19-9-5-2)14-8-7-13(17)10-16(14)18/h7-8,10,12,15,19H,4-6,9,11H2,1-3H3. The van der Waals surface area contributed by atoms with Gasteiger partial charge in [-0.3, -0.25) is 0 Å². The van der Waals surface area contributed by atoms with Gasteiger partial charge in [0.1, 0.15) is 0 Å². The molecule has 0 heterocycles. The third kappa shape index (κ3) is 5.33. The Morgan fingerprint density at radius 3 is 2.47 bits per heavy atom. The van der Waals surface area contributed by atoms with Crippen LogP contribution in [0.25, 0.3) is 0 Å². The Kier molecular flexibility index (Phi) is 7.82. The lowest BCUT2D eigenvalue weighted by molar-refractivity contribution is 0.404. The molecule has 0 aromatic heterocycles. The molecule has 0 aliphatic heterocycles. The van der Waals surface area contributed by atoms with E-state index in [4.69, 9.17) is 23.2 Å². The predicted octanol–water partition coefficient (Wildman–Crippen LogP) is 5.51. The first-order valence-corrected chi connectivity index (χ1v) is 8.01. The summed E-state index contributed by atoms with van der Waals surface area (Å²) in [5.74, 6) is 1.07. The van der Waals surface area contributed by atoms with E-state index in [1.807, 2.05) is 12.1 Å². The van der Waals surface area contributed by atoms with E-state index < -0.39 is 0 Å². The summed E-state index contributed by atoms with van der Waals surface area (Å²) in [6.45, 7) is 8.77. The van der Waals surface area contributed by atoms with Gasteiger partial charge in [-0.2, -0.15) is 0 Å². The molecular weight excluding hydrogens is 277 g/mol. The Bertz CT molecular complexity index is 379. The highest BCUT2D eigenvalue weighted by atomic mass is 35.5. The topological polar surface area (TPSA) is 12.0 Å². The van der Waals surface area contributed by atoms with E-state index in [9.17, 15) is 0 Å². The summed E-state index contributed by atoms with van der Waals surface area (Å²) in [6.07, 6.45) is 3.58. The molecule has 1 nitrogen and oxygen atoms in total. The lowest BCUT2D eigenvalue weighted by atomic mass is 9.84. The molecule has 0 saturated heterocycles. The Morgan fingerprint density at radius 2 is 1.89 bits per heavy atom. The minimum atomic E-state index is 0.455. The third-order valence-corrected chi connectivity index (χ3v) is 4.15. The molecule has 108 valence electrons. The van der Waals surface area contributed by atoms with Gasteiger partial charge in [0.15, 0.2) is 0 Å². The molecule has 0 aliphatic carbocycles. The van der Waals surface area contributed by atoms with Crippen LogP contribution in [-0.4, -0.2) is 13.1 Å². The van der Waals surface area contributed by atoms with Crippen LogP contribution in [-0.2, 0) is 0 Å². The fourth-order valence-corrected chi connectivity index (χ4v) is 3.06. The zero-order chi connectivity index (χ0) is 14.3. The second-order valence-electron chi connectivity index (χ2n) is 5.24. The van der Waals surface area contributed by atoms with Gasteiger partial charge in [0.2, 0.25) is 0 Å². The van der Waals surface area contributed by atoms with Gasteiger partial charge in [0.05, 0.1) is 0 Å². The average molecular weight is 302 g/mol. The maximum absolute atomic E-state index is 6.37. The van der Waals surface area contributed by atoms with Crippen LogP contribution in [0.5, 0.6) is 0 Å². The van der Waals surface area contributed by atoms with Crippen molar-refractivity contribution >= 4 is 23.2 Å². The van der Waals surface area contributed by atoms with Crippen LogP contribution in [0, 0.1) is 5.92 Å². The van der Waals surface area contributed by atoms with E-state index in [1.54, 1.807) is 0 Å². The van der Waals surface area contributed by atoms with Gasteiger partial charge in [0, 0.05) is 22.5 Å². The van der Waals surface area contributed by atoms with Crippen LogP contribution < -0.4 is 5.32 Å². The normalized spacial score (nSPS) is 14.4. The average Bonchev–Trinajstić information content (AvgIpc) is 2.36. The highest BCUT2D eigenvalue weighted by molar-refractivity contribution is 6.35. The molecule has 3 heteroatoms. The van der Waals surface area contributed by atoms with Crippen LogP contribution in [0.15, 0.2) is 18.2 Å². The van der Waals surface area contributed by atoms with Crippen molar-refractivity contribution in [2.24, 2.45) is 5.92 Å². The minimum Gasteiger partial charge on any atom is -0.316 e. The van der Waals surface area contributed by atoms with Crippen LogP contribution in [0.2, 0.25) is 10.0 Å². The summed E-state index contributed by atoms with van der Waals surface area (Å²) >= 11 is 12.4. The molecule has 0 saturated carbocycles. The summed E-state index contributed by atoms with van der Waals surface area (Å²) in [6, 6.07) is 5.87. The Labute approximate surface area is 127 Å². The molecule has 0 amide bonds. The molecule has 0 spiro atoms. The van der Waals surface area contributed by atoms with Crippen LogP contribution in [0.4, 0.5) is 0 Å². The summed E-state index contributed by atoms with van der Waals surface area (Å²) < 4.78 is 0. The van der Waals surface area contributed by atoms with Gasteiger partial charge in [0.25, 0.3) is 0 Å². The van der Waals surface area contributed by atoms with E-state index in [0.717, 1.165) is 24.5 Å². The van der Waals surface area contributed by atoms with Crippen molar-refractivity contribution in [2.45, 2.75) is 46.0 Å². The zero-order valence-corrected chi connectivity index (χ0v) is 13.7. The number of rotatable bonds is 8. The summed E-state index contributed by atoms with van der Waals surface area (Å²) in [4.78, 5) is 0. The number of hydrogen-bond donors (Lipinski definition) is 1. The van der Waals surface area contributed by atoms with E-state index in [0.29, 0.717) is 16.9 Å². The first-order chi connectivity index (χ1) is 9.10. The second kappa shape index (κ2) is 8.84. The van der Waals surface area contributed by atoms with Gasteiger partial charge in [-0.15, -0.1) is 0 Å². The highest BCUT2D eigenvalue weighted by Gasteiger charge is 2.20. The Morgan fingerprint density at radius 1 is 1.16 bits per heavy atom. The lowest BCUT2D eigenvalue weighted by Crippen LogP contribution is -2.26. The molecule has 1 aromatic rings. The van der Waals surface area contributed by atoms with Crippen LogP contribution in [0.1, 0.15) is 51.5 Å². The van der Waals surface area contributed by atoms with Gasteiger partial charge in [-0.05, 0) is 36.6 Å². The van der Waals surface area contributed by atoms with Crippen LogP contribution >= 0.6 is 23.2 Å². The van der Waals surface area contributed by atoms with Crippen molar-refractivity contribution in [3.8, 4) is 0 Å².